The molecule has 0 saturated heterocycles. The molecule has 1 aromatic heterocycles. The Hall–Kier alpha value is -2.22. The third kappa shape index (κ3) is 2.22. The molecular formula is C17H17NO. The van der Waals surface area contributed by atoms with Crippen LogP contribution >= 0.6 is 0 Å². The van der Waals surface area contributed by atoms with Gasteiger partial charge >= 0.3 is 0 Å². The minimum Gasteiger partial charge on any atom is -0.491 e. The number of nitrogens with zero attached hydrogens (tertiary/aromatic N) is 1. The highest BCUT2D eigenvalue weighted by molar-refractivity contribution is 5.82. The maximum atomic E-state index is 5.84. The minimum absolute atomic E-state index is 0.746. The molecule has 96 valence electrons. The molecule has 2 aromatic carbocycles. The van der Waals surface area contributed by atoms with Gasteiger partial charge in [0, 0.05) is 6.20 Å². The van der Waals surface area contributed by atoms with Gasteiger partial charge < -0.3 is 9.30 Å². The Bertz CT molecular complexity index is 684. The Morgan fingerprint density at radius 3 is 2.63 bits per heavy atom. The van der Waals surface area contributed by atoms with E-state index < -0.39 is 0 Å². The molecule has 0 atom stereocenters. The molecule has 0 aliphatic carbocycles. The predicted molar refractivity (Wildman–Crippen MR) is 79.1 cm³/mol. The molecule has 19 heavy (non-hydrogen) atoms. The van der Waals surface area contributed by atoms with Gasteiger partial charge in [-0.1, -0.05) is 37.3 Å². The molecule has 0 spiro atoms. The number of aromatic nitrogens is 1. The summed E-state index contributed by atoms with van der Waals surface area (Å²) in [6.45, 7) is 2.86. The molecule has 0 aliphatic heterocycles. The van der Waals surface area contributed by atoms with Crippen molar-refractivity contribution in [2.45, 2.75) is 13.3 Å². The molecule has 0 radical (unpaired) electrons. The summed E-state index contributed by atoms with van der Waals surface area (Å²) < 4.78 is 8.02. The van der Waals surface area contributed by atoms with Crippen LogP contribution in [0.15, 0.2) is 60.8 Å². The predicted octanol–water partition coefficient (Wildman–Crippen LogP) is 4.42. The van der Waals surface area contributed by atoms with E-state index in [1.807, 2.05) is 18.2 Å². The average molecular weight is 251 g/mol. The summed E-state index contributed by atoms with van der Waals surface area (Å²) in [5, 5.41) is 1.24. The molecule has 2 nitrogen and oxygen atoms in total. The van der Waals surface area contributed by atoms with Crippen LogP contribution in [0.2, 0.25) is 0 Å². The van der Waals surface area contributed by atoms with E-state index in [-0.39, 0.29) is 0 Å². The van der Waals surface area contributed by atoms with Crippen molar-refractivity contribution < 1.29 is 4.74 Å². The van der Waals surface area contributed by atoms with Crippen LogP contribution in [0.3, 0.4) is 0 Å². The van der Waals surface area contributed by atoms with E-state index in [2.05, 4.69) is 54.1 Å². The van der Waals surface area contributed by atoms with Gasteiger partial charge in [-0.3, -0.25) is 0 Å². The van der Waals surface area contributed by atoms with Gasteiger partial charge in [0.2, 0.25) is 0 Å². The zero-order valence-electron chi connectivity index (χ0n) is 11.0. The summed E-state index contributed by atoms with van der Waals surface area (Å²) in [4.78, 5) is 0. The van der Waals surface area contributed by atoms with Gasteiger partial charge in [0.05, 0.1) is 17.8 Å². The van der Waals surface area contributed by atoms with Crippen LogP contribution in [0, 0.1) is 0 Å². The Labute approximate surface area is 113 Å². The van der Waals surface area contributed by atoms with Crippen molar-refractivity contribution in [3.8, 4) is 11.4 Å². The van der Waals surface area contributed by atoms with Gasteiger partial charge in [0.15, 0.2) is 0 Å². The SMILES string of the molecule is CCCOc1ccccc1-n1ccc2ccccc21. The molecule has 0 amide bonds. The first kappa shape index (κ1) is 11.8. The highest BCUT2D eigenvalue weighted by atomic mass is 16.5. The summed E-state index contributed by atoms with van der Waals surface area (Å²) in [7, 11) is 0. The second kappa shape index (κ2) is 5.19. The standard InChI is InChI=1S/C17H17NO/c1-2-13-19-17-10-6-5-9-16(17)18-12-11-14-7-3-4-8-15(14)18/h3-12H,2,13H2,1H3. The molecule has 1 heterocycles. The topological polar surface area (TPSA) is 14.2 Å². The number of fused-ring (bicyclic) bond motifs is 1. The molecule has 0 aliphatic rings. The van der Waals surface area contributed by atoms with Crippen LogP contribution < -0.4 is 4.74 Å². The summed E-state index contributed by atoms with van der Waals surface area (Å²) in [6, 6.07) is 18.7. The summed E-state index contributed by atoms with van der Waals surface area (Å²) in [5.41, 5.74) is 2.30. The van der Waals surface area contributed by atoms with Crippen molar-refractivity contribution >= 4 is 10.9 Å². The Balaban J connectivity index is 2.11. The fourth-order valence-corrected chi connectivity index (χ4v) is 2.28. The highest BCUT2D eigenvalue weighted by Gasteiger charge is 2.07. The van der Waals surface area contributed by atoms with Gasteiger partial charge in [0.1, 0.15) is 5.75 Å². The second-order valence-electron chi connectivity index (χ2n) is 4.56. The third-order valence-electron chi connectivity index (χ3n) is 3.19. The van der Waals surface area contributed by atoms with E-state index in [1.54, 1.807) is 0 Å². The van der Waals surface area contributed by atoms with Gasteiger partial charge in [-0.15, -0.1) is 0 Å². The lowest BCUT2D eigenvalue weighted by molar-refractivity contribution is 0.316. The summed E-state index contributed by atoms with van der Waals surface area (Å²) in [5.74, 6) is 0.936. The molecule has 0 unspecified atom stereocenters. The number of para-hydroxylation sites is 3. The first-order valence-corrected chi connectivity index (χ1v) is 6.68. The van der Waals surface area contributed by atoms with Crippen LogP contribution in [0.25, 0.3) is 16.6 Å². The molecule has 0 fully saturated rings. The van der Waals surface area contributed by atoms with Gasteiger partial charge in [-0.2, -0.15) is 0 Å². The van der Waals surface area contributed by atoms with E-state index in [0.29, 0.717) is 0 Å². The van der Waals surface area contributed by atoms with Gasteiger partial charge in [0.25, 0.3) is 0 Å². The molecule has 0 saturated carbocycles. The summed E-state index contributed by atoms with van der Waals surface area (Å²) in [6.07, 6.45) is 3.11. The normalized spacial score (nSPS) is 10.8. The lowest BCUT2D eigenvalue weighted by atomic mass is 10.2. The lowest BCUT2D eigenvalue weighted by Crippen LogP contribution is -2.00. The minimum atomic E-state index is 0.746. The number of hydrogen-bond donors (Lipinski definition) is 0. The van der Waals surface area contributed by atoms with Crippen molar-refractivity contribution in [3.05, 3.63) is 60.8 Å². The van der Waals surface area contributed by atoms with Gasteiger partial charge in [-0.05, 0) is 36.1 Å². The number of rotatable bonds is 4. The van der Waals surface area contributed by atoms with Crippen LogP contribution in [-0.2, 0) is 0 Å². The number of benzene rings is 2. The summed E-state index contributed by atoms with van der Waals surface area (Å²) >= 11 is 0. The maximum Gasteiger partial charge on any atom is 0.143 e. The van der Waals surface area contributed by atoms with Crippen molar-refractivity contribution in [2.75, 3.05) is 6.61 Å². The van der Waals surface area contributed by atoms with Crippen molar-refractivity contribution in [1.29, 1.82) is 0 Å². The molecule has 0 N–H and O–H groups in total. The van der Waals surface area contributed by atoms with E-state index in [4.69, 9.17) is 4.74 Å². The van der Waals surface area contributed by atoms with Crippen molar-refractivity contribution in [3.63, 3.8) is 0 Å². The fraction of sp³-hybridized carbons (Fsp3) is 0.176. The molecular weight excluding hydrogens is 234 g/mol. The van der Waals surface area contributed by atoms with Crippen LogP contribution in [0.4, 0.5) is 0 Å². The molecule has 3 aromatic rings. The third-order valence-corrected chi connectivity index (χ3v) is 3.19. The van der Waals surface area contributed by atoms with Crippen LogP contribution in [-0.4, -0.2) is 11.2 Å². The number of hydrogen-bond acceptors (Lipinski definition) is 1. The fourth-order valence-electron chi connectivity index (χ4n) is 2.28. The Morgan fingerprint density at radius 2 is 1.74 bits per heavy atom. The van der Waals surface area contributed by atoms with Crippen molar-refractivity contribution in [1.82, 2.24) is 4.57 Å². The van der Waals surface area contributed by atoms with E-state index in [9.17, 15) is 0 Å². The largest absolute Gasteiger partial charge is 0.491 e. The lowest BCUT2D eigenvalue weighted by Gasteiger charge is -2.12. The number of ether oxygens (including phenoxy) is 1. The highest BCUT2D eigenvalue weighted by Crippen LogP contribution is 2.27. The van der Waals surface area contributed by atoms with E-state index in [1.165, 1.54) is 10.9 Å². The van der Waals surface area contributed by atoms with E-state index >= 15 is 0 Å². The first-order valence-electron chi connectivity index (χ1n) is 6.68. The first-order chi connectivity index (χ1) is 9.40. The molecule has 2 heteroatoms. The zero-order chi connectivity index (χ0) is 13.1. The monoisotopic (exact) mass is 251 g/mol. The second-order valence-corrected chi connectivity index (χ2v) is 4.56. The van der Waals surface area contributed by atoms with Gasteiger partial charge in [-0.25, -0.2) is 0 Å². The molecule has 3 rings (SSSR count). The maximum absolute atomic E-state index is 5.84. The quantitative estimate of drug-likeness (QED) is 0.669. The van der Waals surface area contributed by atoms with Crippen LogP contribution in [0.5, 0.6) is 5.75 Å². The average Bonchev–Trinajstić information content (AvgIpc) is 2.89. The Morgan fingerprint density at radius 1 is 0.947 bits per heavy atom. The smallest absolute Gasteiger partial charge is 0.143 e. The Kier molecular flexibility index (Phi) is 3.23. The zero-order valence-corrected chi connectivity index (χ0v) is 11.0. The van der Waals surface area contributed by atoms with Crippen LogP contribution in [0.1, 0.15) is 13.3 Å². The van der Waals surface area contributed by atoms with E-state index in [0.717, 1.165) is 24.5 Å². The van der Waals surface area contributed by atoms with Crippen molar-refractivity contribution in [2.24, 2.45) is 0 Å². The molecule has 0 bridgehead atoms.